The molecule has 0 fully saturated rings. The first-order chi connectivity index (χ1) is 6.65. The van der Waals surface area contributed by atoms with Crippen LogP contribution >= 0.6 is 0 Å². The molecule has 0 atom stereocenters. The Morgan fingerprint density at radius 1 is 1.50 bits per heavy atom. The Balaban J connectivity index is 2.78. The van der Waals surface area contributed by atoms with E-state index in [1.54, 1.807) is 6.92 Å². The zero-order chi connectivity index (χ0) is 10.6. The van der Waals surface area contributed by atoms with Crippen LogP contribution in [0.3, 0.4) is 0 Å². The van der Waals surface area contributed by atoms with E-state index in [0.29, 0.717) is 0 Å². The van der Waals surface area contributed by atoms with Gasteiger partial charge in [0.2, 0.25) is 0 Å². The number of hydrogen-bond donors (Lipinski definition) is 0. The largest absolute Gasteiger partial charge is 0.461 e. The minimum atomic E-state index is -2.68. The maximum atomic E-state index is 12.0. The van der Waals surface area contributed by atoms with E-state index in [2.05, 4.69) is 14.7 Å². The summed E-state index contributed by atoms with van der Waals surface area (Å²) < 4.78 is 28.7. The van der Waals surface area contributed by atoms with Gasteiger partial charge in [-0.2, -0.15) is 0 Å². The number of hydrogen-bond acceptors (Lipinski definition) is 4. The molecule has 0 saturated carbocycles. The molecule has 0 aromatic carbocycles. The third-order valence-electron chi connectivity index (χ3n) is 1.38. The van der Waals surface area contributed by atoms with Gasteiger partial charge in [0.1, 0.15) is 5.69 Å². The molecule has 76 valence electrons. The van der Waals surface area contributed by atoms with Crippen molar-refractivity contribution in [3.05, 3.63) is 23.8 Å². The molecule has 6 heteroatoms. The van der Waals surface area contributed by atoms with Gasteiger partial charge in [-0.25, -0.2) is 18.6 Å². The van der Waals surface area contributed by atoms with Gasteiger partial charge in [0.15, 0.2) is 5.69 Å². The van der Waals surface area contributed by atoms with Crippen LogP contribution in [0.2, 0.25) is 0 Å². The summed E-state index contributed by atoms with van der Waals surface area (Å²) in [6, 6.07) is 0. The minimum Gasteiger partial charge on any atom is -0.461 e. The smallest absolute Gasteiger partial charge is 0.358 e. The second kappa shape index (κ2) is 4.59. The van der Waals surface area contributed by atoms with Gasteiger partial charge in [-0.05, 0) is 6.92 Å². The summed E-state index contributed by atoms with van der Waals surface area (Å²) in [6.07, 6.45) is -0.852. The molecule has 0 aliphatic carbocycles. The van der Waals surface area contributed by atoms with Gasteiger partial charge in [0.05, 0.1) is 19.0 Å². The molecule has 1 heterocycles. The normalized spacial score (nSPS) is 10.3. The maximum absolute atomic E-state index is 12.0. The standard InChI is InChI=1S/C8H8F2N2O2/c1-2-14-8(13)6-4-11-5(3-12-6)7(9)10/h3-4,7H,2H2,1H3. The van der Waals surface area contributed by atoms with Crippen LogP contribution in [0.1, 0.15) is 29.5 Å². The van der Waals surface area contributed by atoms with Gasteiger partial charge in [0.25, 0.3) is 6.43 Å². The lowest BCUT2D eigenvalue weighted by molar-refractivity contribution is 0.0518. The molecule has 0 unspecified atom stereocenters. The quantitative estimate of drug-likeness (QED) is 0.698. The number of carbonyl (C=O) groups is 1. The lowest BCUT2D eigenvalue weighted by Crippen LogP contribution is -2.08. The molecule has 1 rings (SSSR count). The Morgan fingerprint density at radius 2 is 2.21 bits per heavy atom. The molecule has 0 amide bonds. The van der Waals surface area contributed by atoms with Gasteiger partial charge in [0, 0.05) is 0 Å². The number of halogens is 2. The van der Waals surface area contributed by atoms with Crippen LogP contribution < -0.4 is 0 Å². The Bertz CT molecular complexity index is 314. The van der Waals surface area contributed by atoms with Crippen LogP contribution in [0.15, 0.2) is 12.4 Å². The van der Waals surface area contributed by atoms with E-state index in [0.717, 1.165) is 12.4 Å². The monoisotopic (exact) mass is 202 g/mol. The van der Waals surface area contributed by atoms with Crippen molar-refractivity contribution in [3.8, 4) is 0 Å². The summed E-state index contributed by atoms with van der Waals surface area (Å²) in [5.74, 6) is -0.666. The Morgan fingerprint density at radius 3 is 2.64 bits per heavy atom. The molecule has 4 nitrogen and oxygen atoms in total. The lowest BCUT2D eigenvalue weighted by Gasteiger charge is -2.01. The number of aromatic nitrogens is 2. The molecule has 14 heavy (non-hydrogen) atoms. The van der Waals surface area contributed by atoms with E-state index < -0.39 is 18.1 Å². The predicted molar refractivity (Wildman–Crippen MR) is 42.9 cm³/mol. The number of carbonyl (C=O) groups excluding carboxylic acids is 1. The Labute approximate surface area is 78.9 Å². The van der Waals surface area contributed by atoms with Crippen molar-refractivity contribution in [1.29, 1.82) is 0 Å². The van der Waals surface area contributed by atoms with E-state index >= 15 is 0 Å². The number of alkyl halides is 2. The number of nitrogens with zero attached hydrogens (tertiary/aromatic N) is 2. The first-order valence-corrected chi connectivity index (χ1v) is 3.92. The molecule has 0 N–H and O–H groups in total. The second-order valence-electron chi connectivity index (χ2n) is 2.35. The van der Waals surface area contributed by atoms with E-state index in [9.17, 15) is 13.6 Å². The van der Waals surface area contributed by atoms with Crippen molar-refractivity contribution in [3.63, 3.8) is 0 Å². The van der Waals surface area contributed by atoms with Crippen molar-refractivity contribution >= 4 is 5.97 Å². The highest BCUT2D eigenvalue weighted by molar-refractivity contribution is 5.86. The number of esters is 1. The fourth-order valence-electron chi connectivity index (χ4n) is 0.761. The summed E-state index contributed by atoms with van der Waals surface area (Å²) >= 11 is 0. The van der Waals surface area contributed by atoms with Gasteiger partial charge in [-0.3, -0.25) is 4.98 Å². The molecule has 0 aliphatic heterocycles. The van der Waals surface area contributed by atoms with Crippen molar-refractivity contribution < 1.29 is 18.3 Å². The zero-order valence-corrected chi connectivity index (χ0v) is 7.41. The highest BCUT2D eigenvalue weighted by Crippen LogP contribution is 2.14. The first-order valence-electron chi connectivity index (χ1n) is 3.92. The number of rotatable bonds is 3. The summed E-state index contributed by atoms with van der Waals surface area (Å²) in [4.78, 5) is 17.9. The molecular weight excluding hydrogens is 194 g/mol. The predicted octanol–water partition coefficient (Wildman–Crippen LogP) is 1.59. The average Bonchev–Trinajstić information content (AvgIpc) is 2.18. The van der Waals surface area contributed by atoms with Gasteiger partial charge < -0.3 is 4.74 Å². The molecule has 0 saturated heterocycles. The summed E-state index contributed by atoms with van der Waals surface area (Å²) in [6.45, 7) is 1.84. The molecule has 0 spiro atoms. The molecular formula is C8H8F2N2O2. The topological polar surface area (TPSA) is 52.1 Å². The maximum Gasteiger partial charge on any atom is 0.358 e. The van der Waals surface area contributed by atoms with Gasteiger partial charge in [-0.15, -0.1) is 0 Å². The first kappa shape index (κ1) is 10.5. The summed E-state index contributed by atoms with van der Waals surface area (Å²) in [5.41, 5.74) is -0.533. The van der Waals surface area contributed by atoms with E-state index in [-0.39, 0.29) is 12.3 Å². The third-order valence-corrected chi connectivity index (χ3v) is 1.38. The Hall–Kier alpha value is -1.59. The average molecular weight is 202 g/mol. The Kier molecular flexibility index (Phi) is 3.44. The molecule has 1 aromatic heterocycles. The van der Waals surface area contributed by atoms with Crippen LogP contribution in [0.4, 0.5) is 8.78 Å². The molecule has 0 radical (unpaired) electrons. The lowest BCUT2D eigenvalue weighted by atomic mass is 10.4. The number of ether oxygens (including phenoxy) is 1. The van der Waals surface area contributed by atoms with Crippen molar-refractivity contribution in [2.45, 2.75) is 13.3 Å². The molecule has 0 aliphatic rings. The molecule has 0 bridgehead atoms. The second-order valence-corrected chi connectivity index (χ2v) is 2.35. The van der Waals surface area contributed by atoms with Crippen LogP contribution in [0.25, 0.3) is 0 Å². The minimum absolute atomic E-state index is 0.0729. The van der Waals surface area contributed by atoms with E-state index in [1.165, 1.54) is 0 Å². The highest BCUT2D eigenvalue weighted by atomic mass is 19.3. The summed E-state index contributed by atoms with van der Waals surface area (Å²) in [7, 11) is 0. The fraction of sp³-hybridized carbons (Fsp3) is 0.375. The van der Waals surface area contributed by atoms with E-state index in [1.807, 2.05) is 0 Å². The molecule has 1 aromatic rings. The van der Waals surface area contributed by atoms with E-state index in [4.69, 9.17) is 0 Å². The van der Waals surface area contributed by atoms with Crippen molar-refractivity contribution in [1.82, 2.24) is 9.97 Å². The zero-order valence-electron chi connectivity index (χ0n) is 7.41. The van der Waals surface area contributed by atoms with Crippen molar-refractivity contribution in [2.24, 2.45) is 0 Å². The third kappa shape index (κ3) is 2.45. The van der Waals surface area contributed by atoms with Crippen LogP contribution in [-0.4, -0.2) is 22.5 Å². The SMILES string of the molecule is CCOC(=O)c1cnc(C(F)F)cn1. The van der Waals surface area contributed by atoms with Gasteiger partial charge in [-0.1, -0.05) is 0 Å². The summed E-state index contributed by atoms with van der Waals surface area (Å²) in [5, 5.41) is 0. The van der Waals surface area contributed by atoms with Crippen LogP contribution in [-0.2, 0) is 4.74 Å². The fourth-order valence-corrected chi connectivity index (χ4v) is 0.761. The van der Waals surface area contributed by atoms with Crippen molar-refractivity contribution in [2.75, 3.05) is 6.61 Å². The highest BCUT2D eigenvalue weighted by Gasteiger charge is 2.12. The van der Waals surface area contributed by atoms with Crippen LogP contribution in [0, 0.1) is 0 Å². The van der Waals surface area contributed by atoms with Gasteiger partial charge >= 0.3 is 5.97 Å². The van der Waals surface area contributed by atoms with Crippen LogP contribution in [0.5, 0.6) is 0 Å².